The van der Waals surface area contributed by atoms with Gasteiger partial charge in [-0.3, -0.25) is 9.69 Å². The second-order valence-electron chi connectivity index (χ2n) is 3.41. The maximum atomic E-state index is 11.3. The number of rotatable bonds is 1. The van der Waals surface area contributed by atoms with Gasteiger partial charge in [0.25, 0.3) is 0 Å². The van der Waals surface area contributed by atoms with Gasteiger partial charge in [-0.2, -0.15) is 0 Å². The predicted octanol–water partition coefficient (Wildman–Crippen LogP) is 1.13. The van der Waals surface area contributed by atoms with Crippen molar-refractivity contribution in [2.45, 2.75) is 20.1 Å². The molecule has 1 unspecified atom stereocenters. The molecule has 2 heterocycles. The van der Waals surface area contributed by atoms with Gasteiger partial charge < -0.3 is 9.30 Å². The van der Waals surface area contributed by atoms with Gasteiger partial charge >= 0.3 is 0 Å². The molecule has 0 fully saturated rings. The Labute approximate surface area is 88.0 Å². The van der Waals surface area contributed by atoms with Crippen molar-refractivity contribution in [2.75, 3.05) is 7.11 Å². The lowest BCUT2D eigenvalue weighted by Gasteiger charge is -2.30. The minimum Gasteiger partial charge on any atom is -0.355 e. The van der Waals surface area contributed by atoms with Crippen molar-refractivity contribution < 1.29 is 9.53 Å². The number of hydrogen-bond donors (Lipinski definition) is 0. The number of ether oxygens (including phenoxy) is 1. The van der Waals surface area contributed by atoms with Crippen LogP contribution in [-0.4, -0.2) is 27.5 Å². The molecule has 1 aliphatic heterocycles. The van der Waals surface area contributed by atoms with Gasteiger partial charge in [-0.15, -0.1) is 0 Å². The molecule has 0 saturated heterocycles. The van der Waals surface area contributed by atoms with Crippen molar-refractivity contribution in [1.29, 1.82) is 0 Å². The summed E-state index contributed by atoms with van der Waals surface area (Å²) in [6.45, 7) is 3.42. The lowest BCUT2D eigenvalue weighted by molar-refractivity contribution is -0.137. The smallest absolute Gasteiger partial charge is 0.225 e. The van der Waals surface area contributed by atoms with E-state index in [-0.39, 0.29) is 12.1 Å². The average molecular weight is 207 g/mol. The highest BCUT2D eigenvalue weighted by molar-refractivity contribution is 5.75. The number of imidazole rings is 1. The SMILES string of the molecule is COC1c2cnc(C)n2C=CN1C(C)=O. The van der Waals surface area contributed by atoms with Gasteiger partial charge in [-0.05, 0) is 6.92 Å². The van der Waals surface area contributed by atoms with E-state index in [9.17, 15) is 4.79 Å². The third kappa shape index (κ3) is 1.45. The Hall–Kier alpha value is -1.62. The third-order valence-corrected chi connectivity index (χ3v) is 2.48. The van der Waals surface area contributed by atoms with Crippen LogP contribution >= 0.6 is 0 Å². The van der Waals surface area contributed by atoms with Crippen LogP contribution < -0.4 is 0 Å². The molecule has 5 heteroatoms. The molecule has 15 heavy (non-hydrogen) atoms. The molecule has 0 aliphatic carbocycles. The molecule has 1 aromatic heterocycles. The molecule has 1 aromatic rings. The second-order valence-corrected chi connectivity index (χ2v) is 3.41. The zero-order valence-electron chi connectivity index (χ0n) is 8.97. The Balaban J connectivity index is 2.46. The van der Waals surface area contributed by atoms with Crippen molar-refractivity contribution in [3.63, 3.8) is 0 Å². The highest BCUT2D eigenvalue weighted by Gasteiger charge is 2.27. The quantitative estimate of drug-likeness (QED) is 0.693. The van der Waals surface area contributed by atoms with Crippen LogP contribution in [0.2, 0.25) is 0 Å². The number of carbonyl (C=O) groups excluding carboxylic acids is 1. The van der Waals surface area contributed by atoms with E-state index in [1.165, 1.54) is 11.8 Å². The molecule has 0 aromatic carbocycles. The van der Waals surface area contributed by atoms with Crippen molar-refractivity contribution in [3.8, 4) is 0 Å². The summed E-state index contributed by atoms with van der Waals surface area (Å²) < 4.78 is 7.21. The highest BCUT2D eigenvalue weighted by Crippen LogP contribution is 2.27. The van der Waals surface area contributed by atoms with Crippen LogP contribution in [0.3, 0.4) is 0 Å². The summed E-state index contributed by atoms with van der Waals surface area (Å²) >= 11 is 0. The van der Waals surface area contributed by atoms with E-state index in [1.54, 1.807) is 19.5 Å². The zero-order chi connectivity index (χ0) is 11.0. The Morgan fingerprint density at radius 3 is 2.87 bits per heavy atom. The van der Waals surface area contributed by atoms with Gasteiger partial charge in [0.05, 0.1) is 11.9 Å². The van der Waals surface area contributed by atoms with Crippen LogP contribution in [0, 0.1) is 6.92 Å². The summed E-state index contributed by atoms with van der Waals surface area (Å²) in [6.07, 6.45) is 4.86. The number of hydrogen-bond acceptors (Lipinski definition) is 3. The van der Waals surface area contributed by atoms with E-state index < -0.39 is 0 Å². The van der Waals surface area contributed by atoms with Gasteiger partial charge in [0, 0.05) is 26.4 Å². The minimum atomic E-state index is -0.381. The molecule has 0 spiro atoms. The maximum absolute atomic E-state index is 11.3. The van der Waals surface area contributed by atoms with Crippen molar-refractivity contribution >= 4 is 12.1 Å². The molecule has 1 amide bonds. The lowest BCUT2D eigenvalue weighted by Crippen LogP contribution is -2.33. The average Bonchev–Trinajstić information content (AvgIpc) is 2.59. The summed E-state index contributed by atoms with van der Waals surface area (Å²) in [5, 5.41) is 0. The fraction of sp³-hybridized carbons (Fsp3) is 0.400. The number of aryl methyl sites for hydroxylation is 1. The summed E-state index contributed by atoms with van der Waals surface area (Å²) in [6, 6.07) is 0. The number of nitrogens with zero attached hydrogens (tertiary/aromatic N) is 3. The molecule has 0 radical (unpaired) electrons. The van der Waals surface area contributed by atoms with E-state index in [0.29, 0.717) is 0 Å². The van der Waals surface area contributed by atoms with Gasteiger partial charge in [-0.1, -0.05) is 0 Å². The second kappa shape index (κ2) is 3.51. The van der Waals surface area contributed by atoms with E-state index in [4.69, 9.17) is 4.74 Å². The van der Waals surface area contributed by atoms with E-state index in [1.807, 2.05) is 17.7 Å². The molecule has 0 bridgehead atoms. The normalized spacial score (nSPS) is 19.1. The van der Waals surface area contributed by atoms with Crippen molar-refractivity contribution in [3.05, 3.63) is 23.9 Å². The fourth-order valence-corrected chi connectivity index (χ4v) is 1.71. The van der Waals surface area contributed by atoms with Crippen molar-refractivity contribution in [2.24, 2.45) is 0 Å². The van der Waals surface area contributed by atoms with Crippen LogP contribution in [0.15, 0.2) is 12.4 Å². The summed E-state index contributed by atoms with van der Waals surface area (Å²) in [5.74, 6) is 0.828. The molecule has 5 nitrogen and oxygen atoms in total. The maximum Gasteiger partial charge on any atom is 0.225 e. The van der Waals surface area contributed by atoms with Gasteiger partial charge in [0.2, 0.25) is 5.91 Å². The Bertz CT molecular complexity index is 422. The number of amides is 1. The zero-order valence-corrected chi connectivity index (χ0v) is 8.97. The number of carbonyl (C=O) groups is 1. The molecule has 1 atom stereocenters. The predicted molar refractivity (Wildman–Crippen MR) is 54.6 cm³/mol. The van der Waals surface area contributed by atoms with E-state index in [2.05, 4.69) is 4.98 Å². The van der Waals surface area contributed by atoms with Crippen LogP contribution in [0.5, 0.6) is 0 Å². The van der Waals surface area contributed by atoms with Gasteiger partial charge in [0.15, 0.2) is 6.23 Å². The van der Waals surface area contributed by atoms with E-state index in [0.717, 1.165) is 11.5 Å². The first-order valence-corrected chi connectivity index (χ1v) is 4.69. The first kappa shape index (κ1) is 9.92. The van der Waals surface area contributed by atoms with Crippen molar-refractivity contribution in [1.82, 2.24) is 14.5 Å². The number of fused-ring (bicyclic) bond motifs is 1. The number of methoxy groups -OCH3 is 1. The highest BCUT2D eigenvalue weighted by atomic mass is 16.5. The summed E-state index contributed by atoms with van der Waals surface area (Å²) in [4.78, 5) is 17.1. The molecule has 0 saturated carbocycles. The first-order chi connectivity index (χ1) is 7.15. The third-order valence-electron chi connectivity index (χ3n) is 2.48. The van der Waals surface area contributed by atoms with Crippen LogP contribution in [-0.2, 0) is 9.53 Å². The summed E-state index contributed by atoms with van der Waals surface area (Å²) in [7, 11) is 1.58. The van der Waals surface area contributed by atoms with Crippen LogP contribution in [0.25, 0.3) is 6.20 Å². The monoisotopic (exact) mass is 207 g/mol. The molecule has 1 aliphatic rings. The van der Waals surface area contributed by atoms with E-state index >= 15 is 0 Å². The summed E-state index contributed by atoms with van der Waals surface area (Å²) in [5.41, 5.74) is 0.868. The Kier molecular flexibility index (Phi) is 2.32. The van der Waals surface area contributed by atoms with Crippen LogP contribution in [0.4, 0.5) is 0 Å². The first-order valence-electron chi connectivity index (χ1n) is 4.69. The van der Waals surface area contributed by atoms with Gasteiger partial charge in [-0.25, -0.2) is 4.98 Å². The Morgan fingerprint density at radius 2 is 2.27 bits per heavy atom. The Morgan fingerprint density at radius 1 is 1.53 bits per heavy atom. The molecule has 2 rings (SSSR count). The molecular weight excluding hydrogens is 194 g/mol. The largest absolute Gasteiger partial charge is 0.355 e. The lowest BCUT2D eigenvalue weighted by atomic mass is 10.3. The standard InChI is InChI=1S/C10H13N3O2/c1-7-11-6-9-10(15-3)13(8(2)14)5-4-12(7)9/h4-6,10H,1-3H3. The molecular formula is C10H13N3O2. The number of aromatic nitrogens is 2. The van der Waals surface area contributed by atoms with Crippen LogP contribution in [0.1, 0.15) is 24.7 Å². The molecule has 0 N–H and O–H groups in total. The minimum absolute atomic E-state index is 0.0526. The topological polar surface area (TPSA) is 47.4 Å². The van der Waals surface area contributed by atoms with Gasteiger partial charge in [0.1, 0.15) is 5.82 Å². The fourth-order valence-electron chi connectivity index (χ4n) is 1.71. The molecule has 80 valence electrons.